The van der Waals surface area contributed by atoms with Crippen molar-refractivity contribution in [3.8, 4) is 0 Å². The fraction of sp³-hybridized carbons (Fsp3) is 0.875. The number of likely N-dealkylation sites (tertiary alicyclic amines) is 1. The zero-order valence-electron chi connectivity index (χ0n) is 7.45. The molecule has 0 radical (unpaired) electrons. The average Bonchev–Trinajstić information content (AvgIpc) is 2.31. The summed E-state index contributed by atoms with van der Waals surface area (Å²) in [6, 6.07) is 0.0417. The minimum Gasteiger partial charge on any atom is -0.385 e. The Kier molecular flexibility index (Phi) is 3.49. The summed E-state index contributed by atoms with van der Waals surface area (Å²) in [6.07, 6.45) is 1.40. The Hall–Kier alpha value is -0.610. The van der Waals surface area contributed by atoms with Crippen LogP contribution in [0.2, 0.25) is 0 Å². The minimum atomic E-state index is 0.0417. The molecule has 4 nitrogen and oxygen atoms in total. The Balaban J connectivity index is 2.19. The number of hydrogen-bond donors (Lipinski definition) is 1. The van der Waals surface area contributed by atoms with E-state index in [9.17, 15) is 4.79 Å². The topological polar surface area (TPSA) is 55.6 Å². The van der Waals surface area contributed by atoms with Gasteiger partial charge in [0, 0.05) is 39.3 Å². The normalized spacial score (nSPS) is 23.7. The van der Waals surface area contributed by atoms with Gasteiger partial charge < -0.3 is 15.4 Å². The van der Waals surface area contributed by atoms with Crippen molar-refractivity contribution in [3.63, 3.8) is 0 Å². The molecule has 0 aromatic heterocycles. The van der Waals surface area contributed by atoms with Crippen LogP contribution in [0.5, 0.6) is 0 Å². The molecule has 4 heteroatoms. The maximum Gasteiger partial charge on any atom is 0.224 e. The van der Waals surface area contributed by atoms with E-state index in [-0.39, 0.29) is 11.9 Å². The quantitative estimate of drug-likeness (QED) is 0.586. The van der Waals surface area contributed by atoms with Gasteiger partial charge in [-0.15, -0.1) is 0 Å². The van der Waals surface area contributed by atoms with Gasteiger partial charge in [-0.1, -0.05) is 0 Å². The van der Waals surface area contributed by atoms with Crippen LogP contribution in [0.4, 0.5) is 0 Å². The highest BCUT2D eigenvalue weighted by molar-refractivity contribution is 5.79. The Morgan fingerprint density at radius 3 is 3.00 bits per heavy atom. The first-order chi connectivity index (χ1) is 5.74. The van der Waals surface area contributed by atoms with Crippen LogP contribution in [0.3, 0.4) is 0 Å². The van der Waals surface area contributed by atoms with Crippen LogP contribution in [0.1, 0.15) is 12.8 Å². The monoisotopic (exact) mass is 172 g/mol. The molecule has 2 N–H and O–H groups in total. The van der Waals surface area contributed by atoms with Crippen molar-refractivity contribution in [3.05, 3.63) is 0 Å². The molecule has 1 aliphatic heterocycles. The van der Waals surface area contributed by atoms with Gasteiger partial charge in [0.1, 0.15) is 0 Å². The second kappa shape index (κ2) is 4.42. The highest BCUT2D eigenvalue weighted by atomic mass is 16.5. The molecule has 1 atom stereocenters. The number of nitrogens with zero attached hydrogens (tertiary/aromatic N) is 1. The fourth-order valence-corrected chi connectivity index (χ4v) is 1.42. The fourth-order valence-electron chi connectivity index (χ4n) is 1.42. The highest BCUT2D eigenvalue weighted by Crippen LogP contribution is 2.08. The molecule has 0 aromatic rings. The van der Waals surface area contributed by atoms with E-state index >= 15 is 0 Å². The third-order valence-electron chi connectivity index (χ3n) is 2.02. The third kappa shape index (κ3) is 2.46. The molecule has 0 aromatic carbocycles. The van der Waals surface area contributed by atoms with E-state index in [2.05, 4.69) is 0 Å². The molecule has 12 heavy (non-hydrogen) atoms. The van der Waals surface area contributed by atoms with Crippen molar-refractivity contribution in [1.82, 2.24) is 4.90 Å². The van der Waals surface area contributed by atoms with E-state index in [1.54, 1.807) is 7.11 Å². The van der Waals surface area contributed by atoms with Gasteiger partial charge >= 0.3 is 0 Å². The second-order valence-corrected chi connectivity index (χ2v) is 3.15. The van der Waals surface area contributed by atoms with Crippen molar-refractivity contribution in [2.75, 3.05) is 26.8 Å². The number of amides is 1. The largest absolute Gasteiger partial charge is 0.385 e. The molecule has 1 heterocycles. The van der Waals surface area contributed by atoms with E-state index in [0.29, 0.717) is 19.6 Å². The lowest BCUT2D eigenvalue weighted by atomic mass is 10.3. The summed E-state index contributed by atoms with van der Waals surface area (Å²) in [7, 11) is 1.66. The van der Waals surface area contributed by atoms with Crippen LogP contribution in [0.15, 0.2) is 0 Å². The summed E-state index contributed by atoms with van der Waals surface area (Å²) in [5, 5.41) is 0. The van der Waals surface area contributed by atoms with E-state index < -0.39 is 0 Å². The van der Waals surface area contributed by atoms with Crippen LogP contribution >= 0.6 is 0 Å². The van der Waals surface area contributed by atoms with Gasteiger partial charge in [0.25, 0.3) is 0 Å². The number of hydrogen-bond acceptors (Lipinski definition) is 3. The number of carbonyl (C=O) groups excluding carboxylic acids is 1. The van der Waals surface area contributed by atoms with Gasteiger partial charge in [-0.2, -0.15) is 0 Å². The molecule has 1 rings (SSSR count). The zero-order valence-corrected chi connectivity index (χ0v) is 7.45. The standard InChI is InChI=1S/C8H16N2O2/c1-12-4-2-3-10-6-7(9)5-8(10)11/h7H,2-6,9H2,1H3. The van der Waals surface area contributed by atoms with E-state index in [1.807, 2.05) is 4.90 Å². The van der Waals surface area contributed by atoms with Crippen LogP contribution in [-0.2, 0) is 9.53 Å². The van der Waals surface area contributed by atoms with Crippen molar-refractivity contribution >= 4 is 5.91 Å². The van der Waals surface area contributed by atoms with Crippen LogP contribution in [0.25, 0.3) is 0 Å². The smallest absolute Gasteiger partial charge is 0.224 e. The van der Waals surface area contributed by atoms with Crippen LogP contribution < -0.4 is 5.73 Å². The molecule has 1 unspecified atom stereocenters. The molecule has 1 aliphatic rings. The summed E-state index contributed by atoms with van der Waals surface area (Å²) in [4.78, 5) is 13.0. The molecule has 1 saturated heterocycles. The summed E-state index contributed by atoms with van der Waals surface area (Å²) in [6.45, 7) is 2.20. The van der Waals surface area contributed by atoms with Gasteiger partial charge in [0.2, 0.25) is 5.91 Å². The van der Waals surface area contributed by atoms with Gasteiger partial charge in [0.15, 0.2) is 0 Å². The van der Waals surface area contributed by atoms with E-state index in [0.717, 1.165) is 13.0 Å². The lowest BCUT2D eigenvalue weighted by Gasteiger charge is -2.14. The second-order valence-electron chi connectivity index (χ2n) is 3.15. The number of methoxy groups -OCH3 is 1. The molecule has 1 amide bonds. The minimum absolute atomic E-state index is 0.0417. The van der Waals surface area contributed by atoms with Crippen LogP contribution in [0, 0.1) is 0 Å². The summed E-state index contributed by atoms with van der Waals surface area (Å²) < 4.78 is 4.89. The van der Waals surface area contributed by atoms with Crippen molar-refractivity contribution in [2.45, 2.75) is 18.9 Å². The van der Waals surface area contributed by atoms with E-state index in [1.165, 1.54) is 0 Å². The maximum atomic E-state index is 11.2. The number of carbonyl (C=O) groups is 1. The predicted molar refractivity (Wildman–Crippen MR) is 45.7 cm³/mol. The Bertz CT molecular complexity index is 161. The van der Waals surface area contributed by atoms with E-state index in [4.69, 9.17) is 10.5 Å². The Morgan fingerprint density at radius 1 is 1.75 bits per heavy atom. The molecule has 0 bridgehead atoms. The first-order valence-corrected chi connectivity index (χ1v) is 4.26. The van der Waals surface area contributed by atoms with Crippen molar-refractivity contribution in [2.24, 2.45) is 5.73 Å². The Labute approximate surface area is 72.7 Å². The average molecular weight is 172 g/mol. The number of ether oxygens (including phenoxy) is 1. The molecule has 70 valence electrons. The highest BCUT2D eigenvalue weighted by Gasteiger charge is 2.25. The molecule has 0 saturated carbocycles. The summed E-state index contributed by atoms with van der Waals surface area (Å²) >= 11 is 0. The molecule has 0 spiro atoms. The third-order valence-corrected chi connectivity index (χ3v) is 2.02. The molecule has 0 aliphatic carbocycles. The summed E-state index contributed by atoms with van der Waals surface area (Å²) in [5.41, 5.74) is 5.63. The number of rotatable bonds is 4. The predicted octanol–water partition coefficient (Wildman–Crippen LogP) is -0.417. The summed E-state index contributed by atoms with van der Waals surface area (Å²) in [5.74, 6) is 0.179. The van der Waals surface area contributed by atoms with Gasteiger partial charge in [0.05, 0.1) is 0 Å². The molecular formula is C8H16N2O2. The van der Waals surface area contributed by atoms with Gasteiger partial charge in [-0.05, 0) is 6.42 Å². The van der Waals surface area contributed by atoms with Gasteiger partial charge in [-0.3, -0.25) is 4.79 Å². The molecule has 1 fully saturated rings. The zero-order chi connectivity index (χ0) is 8.97. The lowest BCUT2D eigenvalue weighted by Crippen LogP contribution is -2.29. The SMILES string of the molecule is COCCCN1CC(N)CC1=O. The van der Waals surface area contributed by atoms with Crippen LogP contribution in [-0.4, -0.2) is 43.7 Å². The van der Waals surface area contributed by atoms with Crippen molar-refractivity contribution < 1.29 is 9.53 Å². The van der Waals surface area contributed by atoms with Gasteiger partial charge in [-0.25, -0.2) is 0 Å². The first kappa shape index (κ1) is 9.48. The molecular weight excluding hydrogens is 156 g/mol. The first-order valence-electron chi connectivity index (χ1n) is 4.26. The van der Waals surface area contributed by atoms with Crippen molar-refractivity contribution in [1.29, 1.82) is 0 Å². The Morgan fingerprint density at radius 2 is 2.50 bits per heavy atom. The number of nitrogens with two attached hydrogens (primary N) is 1. The maximum absolute atomic E-state index is 11.2. The lowest BCUT2D eigenvalue weighted by molar-refractivity contribution is -0.127.